The fraction of sp³-hybridized carbons (Fsp3) is 0.368. The van der Waals surface area contributed by atoms with Crippen LogP contribution in [0.25, 0.3) is 0 Å². The van der Waals surface area contributed by atoms with Crippen molar-refractivity contribution in [2.45, 2.75) is 33.0 Å². The minimum Gasteiger partial charge on any atom is -0.490 e. The fourth-order valence-corrected chi connectivity index (χ4v) is 2.82. The third-order valence-electron chi connectivity index (χ3n) is 3.52. The first-order valence-electron chi connectivity index (χ1n) is 8.10. The van der Waals surface area contributed by atoms with E-state index in [2.05, 4.69) is 21.2 Å². The summed E-state index contributed by atoms with van der Waals surface area (Å²) < 4.78 is 12.6. The van der Waals surface area contributed by atoms with E-state index < -0.39 is 0 Å². The molecular formula is C19H24BrNO3. The molecule has 0 fully saturated rings. The van der Waals surface area contributed by atoms with E-state index in [9.17, 15) is 0 Å². The van der Waals surface area contributed by atoms with Gasteiger partial charge in [0.05, 0.1) is 17.7 Å². The third kappa shape index (κ3) is 5.51. The second-order valence-corrected chi connectivity index (χ2v) is 6.43. The van der Waals surface area contributed by atoms with Crippen molar-refractivity contribution in [2.24, 2.45) is 0 Å². The maximum atomic E-state index is 9.11. The molecule has 0 spiro atoms. The van der Waals surface area contributed by atoms with E-state index in [-0.39, 0.29) is 12.6 Å². The number of aliphatic hydroxyl groups is 1. The first kappa shape index (κ1) is 18.8. The van der Waals surface area contributed by atoms with E-state index in [1.807, 2.05) is 56.3 Å². The predicted octanol–water partition coefficient (Wildman–Crippen LogP) is 3.90. The van der Waals surface area contributed by atoms with Gasteiger partial charge in [-0.15, -0.1) is 0 Å². The first-order valence-corrected chi connectivity index (χ1v) is 8.89. The lowest BCUT2D eigenvalue weighted by molar-refractivity contribution is 0.250. The van der Waals surface area contributed by atoms with Crippen molar-refractivity contribution in [1.29, 1.82) is 0 Å². The molecule has 0 bridgehead atoms. The summed E-state index contributed by atoms with van der Waals surface area (Å²) in [6.07, 6.45) is 0. The van der Waals surface area contributed by atoms with Crippen molar-refractivity contribution in [2.75, 3.05) is 13.2 Å². The molecule has 1 atom stereocenters. The van der Waals surface area contributed by atoms with Gasteiger partial charge in [0, 0.05) is 12.6 Å². The van der Waals surface area contributed by atoms with Gasteiger partial charge < -0.3 is 19.9 Å². The highest BCUT2D eigenvalue weighted by Gasteiger charge is 2.13. The molecular weight excluding hydrogens is 370 g/mol. The minimum absolute atomic E-state index is 0.0494. The number of ether oxygens (including phenoxy) is 2. The van der Waals surface area contributed by atoms with Gasteiger partial charge in [-0.3, -0.25) is 0 Å². The maximum absolute atomic E-state index is 9.11. The maximum Gasteiger partial charge on any atom is 0.175 e. The van der Waals surface area contributed by atoms with E-state index >= 15 is 0 Å². The Morgan fingerprint density at radius 1 is 1.12 bits per heavy atom. The smallest absolute Gasteiger partial charge is 0.175 e. The van der Waals surface area contributed by atoms with Crippen LogP contribution in [0.3, 0.4) is 0 Å². The lowest BCUT2D eigenvalue weighted by atomic mass is 10.2. The Balaban J connectivity index is 2.14. The molecule has 0 unspecified atom stereocenters. The van der Waals surface area contributed by atoms with E-state index in [1.54, 1.807) is 0 Å². The molecule has 2 N–H and O–H groups in total. The minimum atomic E-state index is 0.0494. The van der Waals surface area contributed by atoms with E-state index in [4.69, 9.17) is 14.6 Å². The van der Waals surface area contributed by atoms with E-state index in [1.165, 1.54) is 0 Å². The Kier molecular flexibility index (Phi) is 7.56. The number of nitrogens with one attached hydrogen (secondary N) is 1. The lowest BCUT2D eigenvalue weighted by Crippen LogP contribution is -2.28. The van der Waals surface area contributed by atoms with E-state index in [0.29, 0.717) is 25.5 Å². The standard InChI is InChI=1S/C19H24BrNO3/c1-3-23-18-10-16(11-21-14(2)12-22)9-17(20)19(18)24-13-15-7-5-4-6-8-15/h4-10,14,21-22H,3,11-13H2,1-2H3/t14-/m1/s1. The number of hydrogen-bond acceptors (Lipinski definition) is 4. The van der Waals surface area contributed by atoms with Crippen LogP contribution in [-0.4, -0.2) is 24.4 Å². The summed E-state index contributed by atoms with van der Waals surface area (Å²) >= 11 is 3.58. The molecule has 2 aromatic carbocycles. The Labute approximate surface area is 151 Å². The van der Waals surface area contributed by atoms with Crippen LogP contribution >= 0.6 is 15.9 Å². The van der Waals surface area contributed by atoms with Gasteiger partial charge in [0.15, 0.2) is 11.5 Å². The molecule has 0 aromatic heterocycles. The topological polar surface area (TPSA) is 50.7 Å². The molecule has 0 saturated carbocycles. The molecule has 2 aromatic rings. The van der Waals surface area contributed by atoms with Crippen LogP contribution < -0.4 is 14.8 Å². The lowest BCUT2D eigenvalue weighted by Gasteiger charge is -2.17. The van der Waals surface area contributed by atoms with Crippen molar-refractivity contribution < 1.29 is 14.6 Å². The molecule has 0 radical (unpaired) electrons. The molecule has 0 saturated heterocycles. The van der Waals surface area contributed by atoms with Crippen LogP contribution in [0.2, 0.25) is 0 Å². The monoisotopic (exact) mass is 393 g/mol. The van der Waals surface area contributed by atoms with Crippen molar-refractivity contribution in [3.05, 3.63) is 58.1 Å². The second-order valence-electron chi connectivity index (χ2n) is 5.58. The second kappa shape index (κ2) is 9.67. The summed E-state index contributed by atoms with van der Waals surface area (Å²) in [6.45, 7) is 5.71. The van der Waals surface area contributed by atoms with Crippen molar-refractivity contribution in [3.8, 4) is 11.5 Å². The first-order chi connectivity index (χ1) is 11.6. The molecule has 4 nitrogen and oxygen atoms in total. The van der Waals surface area contributed by atoms with Crippen LogP contribution in [0.5, 0.6) is 11.5 Å². The molecule has 0 heterocycles. The Bertz CT molecular complexity index is 634. The van der Waals surface area contributed by atoms with Crippen molar-refractivity contribution in [3.63, 3.8) is 0 Å². The third-order valence-corrected chi connectivity index (χ3v) is 4.11. The van der Waals surface area contributed by atoms with Crippen LogP contribution in [0, 0.1) is 0 Å². The zero-order valence-electron chi connectivity index (χ0n) is 14.1. The Hall–Kier alpha value is -1.56. The van der Waals surface area contributed by atoms with Crippen LogP contribution in [0.1, 0.15) is 25.0 Å². The Morgan fingerprint density at radius 3 is 2.54 bits per heavy atom. The summed E-state index contributed by atoms with van der Waals surface area (Å²) in [5.41, 5.74) is 2.17. The summed E-state index contributed by atoms with van der Waals surface area (Å²) in [6, 6.07) is 14.1. The largest absolute Gasteiger partial charge is 0.490 e. The molecule has 5 heteroatoms. The van der Waals surface area contributed by atoms with Crippen LogP contribution in [0.4, 0.5) is 0 Å². The highest BCUT2D eigenvalue weighted by Crippen LogP contribution is 2.37. The normalized spacial score (nSPS) is 12.0. The SMILES string of the molecule is CCOc1cc(CN[C@H](C)CO)cc(Br)c1OCc1ccccc1. The molecule has 130 valence electrons. The number of aliphatic hydroxyl groups excluding tert-OH is 1. The highest BCUT2D eigenvalue weighted by atomic mass is 79.9. The quantitative estimate of drug-likeness (QED) is 0.678. The summed E-state index contributed by atoms with van der Waals surface area (Å²) in [5.74, 6) is 1.43. The zero-order chi connectivity index (χ0) is 17.4. The molecule has 0 aliphatic carbocycles. The van der Waals surface area contributed by atoms with Gasteiger partial charge in [-0.05, 0) is 53.0 Å². The summed E-state index contributed by atoms with van der Waals surface area (Å²) in [4.78, 5) is 0. The van der Waals surface area contributed by atoms with Gasteiger partial charge in [-0.2, -0.15) is 0 Å². The predicted molar refractivity (Wildman–Crippen MR) is 99.5 cm³/mol. The molecule has 0 amide bonds. The highest BCUT2D eigenvalue weighted by molar-refractivity contribution is 9.10. The van der Waals surface area contributed by atoms with Crippen molar-refractivity contribution in [1.82, 2.24) is 5.32 Å². The molecule has 2 rings (SSSR count). The number of rotatable bonds is 9. The fourth-order valence-electron chi connectivity index (χ4n) is 2.21. The van der Waals surface area contributed by atoms with Gasteiger partial charge in [-0.25, -0.2) is 0 Å². The van der Waals surface area contributed by atoms with Crippen molar-refractivity contribution >= 4 is 15.9 Å². The van der Waals surface area contributed by atoms with Gasteiger partial charge in [-0.1, -0.05) is 30.3 Å². The van der Waals surface area contributed by atoms with Crippen LogP contribution in [0.15, 0.2) is 46.9 Å². The molecule has 24 heavy (non-hydrogen) atoms. The van der Waals surface area contributed by atoms with Gasteiger partial charge in [0.25, 0.3) is 0 Å². The number of halogens is 1. The average Bonchev–Trinajstić information content (AvgIpc) is 2.60. The van der Waals surface area contributed by atoms with Gasteiger partial charge >= 0.3 is 0 Å². The molecule has 0 aliphatic heterocycles. The molecule has 0 aliphatic rings. The number of benzene rings is 2. The summed E-state index contributed by atoms with van der Waals surface area (Å²) in [7, 11) is 0. The summed E-state index contributed by atoms with van der Waals surface area (Å²) in [5, 5.41) is 12.4. The van der Waals surface area contributed by atoms with Gasteiger partial charge in [0.1, 0.15) is 6.61 Å². The average molecular weight is 394 g/mol. The van der Waals surface area contributed by atoms with E-state index in [0.717, 1.165) is 21.3 Å². The van der Waals surface area contributed by atoms with Gasteiger partial charge in [0.2, 0.25) is 0 Å². The Morgan fingerprint density at radius 2 is 1.88 bits per heavy atom. The zero-order valence-corrected chi connectivity index (χ0v) is 15.7. The van der Waals surface area contributed by atoms with Crippen LogP contribution in [-0.2, 0) is 13.2 Å². The number of hydrogen-bond donors (Lipinski definition) is 2.